The minimum atomic E-state index is -4.66. The van der Waals surface area contributed by atoms with Crippen LogP contribution < -0.4 is 10.2 Å². The zero-order valence-electron chi connectivity index (χ0n) is 19.8. The van der Waals surface area contributed by atoms with Crippen LogP contribution in [-0.4, -0.2) is 48.4 Å². The molecule has 1 unspecified atom stereocenters. The van der Waals surface area contributed by atoms with E-state index in [1.807, 2.05) is 25.7 Å². The molecule has 0 bridgehead atoms. The van der Waals surface area contributed by atoms with Gasteiger partial charge in [0.2, 0.25) is 11.8 Å². The van der Waals surface area contributed by atoms with E-state index < -0.39 is 28.8 Å². The van der Waals surface area contributed by atoms with Crippen LogP contribution in [0.15, 0.2) is 18.2 Å². The molecule has 3 aliphatic rings. The Hall–Kier alpha value is -2.76. The number of hydrogen-bond acceptors (Lipinski definition) is 4. The first-order valence-corrected chi connectivity index (χ1v) is 11.8. The average molecular weight is 477 g/mol. The molecule has 1 atom stereocenters. The number of benzene rings is 1. The normalized spacial score (nSPS) is 22.6. The van der Waals surface area contributed by atoms with Crippen LogP contribution >= 0.6 is 0 Å². The van der Waals surface area contributed by atoms with Crippen LogP contribution in [0.3, 0.4) is 0 Å². The number of likely N-dealkylation sites (tertiary alicyclic amines) is 1. The Morgan fingerprint density at radius 3 is 2.32 bits per heavy atom. The zero-order valence-corrected chi connectivity index (χ0v) is 19.8. The second-order valence-corrected chi connectivity index (χ2v) is 11.0. The van der Waals surface area contributed by atoms with Crippen molar-refractivity contribution >= 4 is 17.5 Å². The molecule has 1 aromatic carbocycles. The van der Waals surface area contributed by atoms with E-state index in [0.29, 0.717) is 44.6 Å². The van der Waals surface area contributed by atoms with Crippen LogP contribution in [0.25, 0.3) is 0 Å². The zero-order chi connectivity index (χ0) is 24.9. The summed E-state index contributed by atoms with van der Waals surface area (Å²) >= 11 is 0. The highest BCUT2D eigenvalue weighted by atomic mass is 19.4. The summed E-state index contributed by atoms with van der Waals surface area (Å²) in [5, 5.41) is 12.2. The highest BCUT2D eigenvalue weighted by Crippen LogP contribution is 2.46. The fourth-order valence-corrected chi connectivity index (χ4v) is 5.15. The number of nitrogens with zero attached hydrogens (tertiary/aromatic N) is 3. The molecule has 1 aliphatic carbocycles. The smallest absolute Gasteiger partial charge is 0.359 e. The number of rotatable bonds is 3. The highest BCUT2D eigenvalue weighted by molar-refractivity contribution is 5.87. The van der Waals surface area contributed by atoms with Crippen LogP contribution in [-0.2, 0) is 15.8 Å². The molecule has 2 amide bonds. The van der Waals surface area contributed by atoms with E-state index in [1.54, 1.807) is 11.0 Å². The molecule has 2 heterocycles. The third-order valence-electron chi connectivity index (χ3n) is 7.25. The molecule has 1 saturated carbocycles. The van der Waals surface area contributed by atoms with Gasteiger partial charge >= 0.3 is 6.18 Å². The molecule has 0 aromatic heterocycles. The Morgan fingerprint density at radius 1 is 1.15 bits per heavy atom. The van der Waals surface area contributed by atoms with Gasteiger partial charge < -0.3 is 15.1 Å². The number of halogens is 3. The lowest BCUT2D eigenvalue weighted by molar-refractivity contribution is -0.142. The Balaban J connectivity index is 1.61. The predicted octanol–water partition coefficient (Wildman–Crippen LogP) is 4.09. The van der Waals surface area contributed by atoms with Crippen LogP contribution in [0, 0.1) is 22.2 Å². The first-order chi connectivity index (χ1) is 15.8. The summed E-state index contributed by atoms with van der Waals surface area (Å²) in [6.07, 6.45) is -0.902. The lowest BCUT2D eigenvalue weighted by Crippen LogP contribution is -2.47. The van der Waals surface area contributed by atoms with Gasteiger partial charge in [0.15, 0.2) is 0 Å². The molecular formula is C25H31F3N4O2. The summed E-state index contributed by atoms with van der Waals surface area (Å²) in [4.78, 5) is 29.5. The van der Waals surface area contributed by atoms with Crippen LogP contribution in [0.5, 0.6) is 0 Å². The van der Waals surface area contributed by atoms with Crippen molar-refractivity contribution in [2.24, 2.45) is 10.8 Å². The fraction of sp³-hybridized carbons (Fsp3) is 0.640. The number of anilines is 1. The van der Waals surface area contributed by atoms with Crippen molar-refractivity contribution in [1.29, 1.82) is 5.26 Å². The summed E-state index contributed by atoms with van der Waals surface area (Å²) in [5.74, 6) is -0.0763. The highest BCUT2D eigenvalue weighted by Gasteiger charge is 2.50. The molecule has 3 fully saturated rings. The van der Waals surface area contributed by atoms with Crippen molar-refractivity contribution in [2.45, 2.75) is 71.1 Å². The largest absolute Gasteiger partial charge is 0.417 e. The molecule has 34 heavy (non-hydrogen) atoms. The van der Waals surface area contributed by atoms with Gasteiger partial charge in [0.1, 0.15) is 6.04 Å². The molecule has 1 N–H and O–H groups in total. The van der Waals surface area contributed by atoms with E-state index in [-0.39, 0.29) is 23.3 Å². The number of amides is 2. The molecule has 2 saturated heterocycles. The molecule has 1 aromatic rings. The lowest BCUT2D eigenvalue weighted by atomic mass is 9.76. The van der Waals surface area contributed by atoms with Crippen molar-refractivity contribution in [2.75, 3.05) is 24.5 Å². The van der Waals surface area contributed by atoms with Crippen LogP contribution in [0.4, 0.5) is 18.9 Å². The first-order valence-electron chi connectivity index (χ1n) is 11.8. The molecular weight excluding hydrogens is 445 g/mol. The van der Waals surface area contributed by atoms with Crippen molar-refractivity contribution < 1.29 is 22.8 Å². The second kappa shape index (κ2) is 8.47. The van der Waals surface area contributed by atoms with Crippen molar-refractivity contribution in [3.8, 4) is 6.07 Å². The SMILES string of the molecule is CC(C)(C)C(=O)N1CCC2(CC1)CC(C(=O)NC1CC1)N(c1ccc(C#N)c(C(F)(F)F)c1)C2. The maximum atomic E-state index is 13.6. The summed E-state index contributed by atoms with van der Waals surface area (Å²) in [7, 11) is 0. The molecule has 0 radical (unpaired) electrons. The summed E-state index contributed by atoms with van der Waals surface area (Å²) in [6, 6.07) is 4.86. The number of carbonyl (C=O) groups excluding carboxylic acids is 2. The van der Waals surface area contributed by atoms with Gasteiger partial charge in [0, 0.05) is 36.8 Å². The Kier molecular flexibility index (Phi) is 6.07. The Morgan fingerprint density at radius 2 is 1.79 bits per heavy atom. The number of carbonyl (C=O) groups is 2. The number of nitriles is 1. The van der Waals surface area contributed by atoms with Crippen LogP contribution in [0.1, 0.15) is 64.0 Å². The number of piperidine rings is 1. The average Bonchev–Trinajstić information content (AvgIpc) is 3.51. The third kappa shape index (κ3) is 4.86. The van der Waals surface area contributed by atoms with Gasteiger partial charge in [-0.3, -0.25) is 9.59 Å². The molecule has 6 nitrogen and oxygen atoms in total. The Labute approximate surface area is 198 Å². The van der Waals surface area contributed by atoms with Gasteiger partial charge in [0.05, 0.1) is 17.2 Å². The maximum absolute atomic E-state index is 13.6. The predicted molar refractivity (Wildman–Crippen MR) is 121 cm³/mol. The number of hydrogen-bond donors (Lipinski definition) is 1. The monoisotopic (exact) mass is 476 g/mol. The summed E-state index contributed by atoms with van der Waals surface area (Å²) < 4.78 is 40.8. The molecule has 9 heteroatoms. The quantitative estimate of drug-likeness (QED) is 0.713. The van der Waals surface area contributed by atoms with Gasteiger partial charge in [-0.25, -0.2) is 0 Å². The van der Waals surface area contributed by atoms with E-state index in [4.69, 9.17) is 5.26 Å². The first kappa shape index (κ1) is 24.4. The van der Waals surface area contributed by atoms with Gasteiger partial charge in [-0.15, -0.1) is 0 Å². The van der Waals surface area contributed by atoms with E-state index in [9.17, 15) is 22.8 Å². The standard InChI is InChI=1S/C25H31F3N4O2/c1-23(2,3)22(34)31-10-8-24(9-11-31)13-20(21(33)30-17-5-6-17)32(15-24)18-7-4-16(14-29)19(12-18)25(26,27)28/h4,7,12,17,20H,5-6,8-11,13,15H2,1-3H3,(H,30,33). The van der Waals surface area contributed by atoms with E-state index in [2.05, 4.69) is 5.32 Å². The van der Waals surface area contributed by atoms with Crippen LogP contribution in [0.2, 0.25) is 0 Å². The maximum Gasteiger partial charge on any atom is 0.417 e. The van der Waals surface area contributed by atoms with Gasteiger partial charge in [-0.1, -0.05) is 20.8 Å². The third-order valence-corrected chi connectivity index (χ3v) is 7.25. The minimum Gasteiger partial charge on any atom is -0.359 e. The van der Waals surface area contributed by atoms with Crippen molar-refractivity contribution in [3.05, 3.63) is 29.3 Å². The van der Waals surface area contributed by atoms with Gasteiger partial charge in [0.25, 0.3) is 0 Å². The summed E-state index contributed by atoms with van der Waals surface area (Å²) in [5.41, 5.74) is -1.85. The molecule has 1 spiro atoms. The molecule has 184 valence electrons. The Bertz CT molecular complexity index is 1010. The lowest BCUT2D eigenvalue weighted by Gasteiger charge is -2.41. The summed E-state index contributed by atoms with van der Waals surface area (Å²) in [6.45, 7) is 7.25. The number of nitrogens with one attached hydrogen (secondary N) is 1. The van der Waals surface area contributed by atoms with Crippen molar-refractivity contribution in [1.82, 2.24) is 10.2 Å². The van der Waals surface area contributed by atoms with Crippen molar-refractivity contribution in [3.63, 3.8) is 0 Å². The van der Waals surface area contributed by atoms with Gasteiger partial charge in [-0.05, 0) is 55.7 Å². The van der Waals surface area contributed by atoms with Gasteiger partial charge in [-0.2, -0.15) is 18.4 Å². The van der Waals surface area contributed by atoms with E-state index >= 15 is 0 Å². The molecule has 4 rings (SSSR count). The second-order valence-electron chi connectivity index (χ2n) is 11.0. The topological polar surface area (TPSA) is 76.4 Å². The van der Waals surface area contributed by atoms with E-state index in [1.165, 1.54) is 12.1 Å². The minimum absolute atomic E-state index is 0.0853. The number of alkyl halides is 3. The van der Waals surface area contributed by atoms with E-state index in [0.717, 1.165) is 18.9 Å². The fourth-order valence-electron chi connectivity index (χ4n) is 5.15. The molecule has 2 aliphatic heterocycles.